The SMILES string of the molecule is CC1CNCCN(Cc2ccc(F)cc2)C1. The van der Waals surface area contributed by atoms with Crippen molar-refractivity contribution >= 4 is 0 Å². The molecule has 1 heterocycles. The molecule has 1 aliphatic rings. The third kappa shape index (κ3) is 3.29. The van der Waals surface area contributed by atoms with Crippen LogP contribution in [0.15, 0.2) is 24.3 Å². The zero-order chi connectivity index (χ0) is 11.4. The third-order valence-electron chi connectivity index (χ3n) is 2.99. The van der Waals surface area contributed by atoms with Gasteiger partial charge < -0.3 is 5.32 Å². The molecule has 0 bridgehead atoms. The minimum absolute atomic E-state index is 0.158. The van der Waals surface area contributed by atoms with Crippen LogP contribution in [0.2, 0.25) is 0 Å². The summed E-state index contributed by atoms with van der Waals surface area (Å²) in [7, 11) is 0. The van der Waals surface area contributed by atoms with E-state index in [-0.39, 0.29) is 5.82 Å². The number of nitrogens with zero attached hydrogens (tertiary/aromatic N) is 1. The monoisotopic (exact) mass is 222 g/mol. The Morgan fingerprint density at radius 3 is 2.88 bits per heavy atom. The van der Waals surface area contributed by atoms with Crippen LogP contribution in [0.4, 0.5) is 4.39 Å². The van der Waals surface area contributed by atoms with Crippen LogP contribution >= 0.6 is 0 Å². The number of hydrogen-bond acceptors (Lipinski definition) is 2. The van der Waals surface area contributed by atoms with Crippen molar-refractivity contribution in [3.8, 4) is 0 Å². The highest BCUT2D eigenvalue weighted by atomic mass is 19.1. The first-order chi connectivity index (χ1) is 7.74. The molecule has 0 aromatic heterocycles. The van der Waals surface area contributed by atoms with Gasteiger partial charge in [0.05, 0.1) is 0 Å². The Morgan fingerprint density at radius 2 is 2.12 bits per heavy atom. The van der Waals surface area contributed by atoms with Gasteiger partial charge in [0.2, 0.25) is 0 Å². The van der Waals surface area contributed by atoms with E-state index < -0.39 is 0 Å². The van der Waals surface area contributed by atoms with E-state index in [9.17, 15) is 4.39 Å². The molecule has 1 aliphatic heterocycles. The predicted octanol–water partition coefficient (Wildman–Crippen LogP) is 1.87. The van der Waals surface area contributed by atoms with E-state index in [0.29, 0.717) is 5.92 Å². The van der Waals surface area contributed by atoms with Crippen LogP contribution in [0, 0.1) is 11.7 Å². The summed E-state index contributed by atoms with van der Waals surface area (Å²) in [5.74, 6) is 0.526. The van der Waals surface area contributed by atoms with Gasteiger partial charge in [-0.15, -0.1) is 0 Å². The van der Waals surface area contributed by atoms with Crippen molar-refractivity contribution in [1.29, 1.82) is 0 Å². The fourth-order valence-electron chi connectivity index (χ4n) is 2.17. The smallest absolute Gasteiger partial charge is 0.123 e. The van der Waals surface area contributed by atoms with Gasteiger partial charge in [-0.3, -0.25) is 4.90 Å². The second kappa shape index (κ2) is 5.41. The van der Waals surface area contributed by atoms with E-state index in [4.69, 9.17) is 0 Å². The Balaban J connectivity index is 1.95. The highest BCUT2D eigenvalue weighted by Crippen LogP contribution is 2.09. The quantitative estimate of drug-likeness (QED) is 0.821. The van der Waals surface area contributed by atoms with Crippen molar-refractivity contribution in [2.75, 3.05) is 26.2 Å². The summed E-state index contributed by atoms with van der Waals surface area (Å²) in [4.78, 5) is 2.43. The Kier molecular flexibility index (Phi) is 3.91. The summed E-state index contributed by atoms with van der Waals surface area (Å²) in [6.07, 6.45) is 0. The average Bonchev–Trinajstić information content (AvgIpc) is 2.46. The zero-order valence-corrected chi connectivity index (χ0v) is 9.75. The lowest BCUT2D eigenvalue weighted by Gasteiger charge is -2.21. The molecule has 0 aliphatic carbocycles. The van der Waals surface area contributed by atoms with Crippen molar-refractivity contribution in [3.05, 3.63) is 35.6 Å². The molecule has 0 spiro atoms. The first-order valence-electron chi connectivity index (χ1n) is 5.91. The van der Waals surface area contributed by atoms with E-state index in [1.54, 1.807) is 0 Å². The number of benzene rings is 1. The minimum atomic E-state index is -0.158. The number of halogens is 1. The van der Waals surface area contributed by atoms with Crippen LogP contribution in [0.5, 0.6) is 0 Å². The second-order valence-electron chi connectivity index (χ2n) is 4.67. The van der Waals surface area contributed by atoms with E-state index in [1.165, 1.54) is 17.7 Å². The number of hydrogen-bond donors (Lipinski definition) is 1. The molecule has 0 radical (unpaired) electrons. The van der Waals surface area contributed by atoms with Crippen molar-refractivity contribution in [3.63, 3.8) is 0 Å². The molecule has 3 heteroatoms. The van der Waals surface area contributed by atoms with Crippen molar-refractivity contribution in [2.45, 2.75) is 13.5 Å². The summed E-state index contributed by atoms with van der Waals surface area (Å²) >= 11 is 0. The summed E-state index contributed by atoms with van der Waals surface area (Å²) < 4.78 is 12.8. The molecule has 16 heavy (non-hydrogen) atoms. The molecule has 2 nitrogen and oxygen atoms in total. The molecule has 0 amide bonds. The molecular formula is C13H19FN2. The lowest BCUT2D eigenvalue weighted by atomic mass is 10.1. The Labute approximate surface area is 96.5 Å². The zero-order valence-electron chi connectivity index (χ0n) is 9.75. The molecule has 88 valence electrons. The van der Waals surface area contributed by atoms with Gasteiger partial charge in [0.25, 0.3) is 0 Å². The van der Waals surface area contributed by atoms with Gasteiger partial charge >= 0.3 is 0 Å². The van der Waals surface area contributed by atoms with Gasteiger partial charge in [0.15, 0.2) is 0 Å². The van der Waals surface area contributed by atoms with Crippen LogP contribution in [0.3, 0.4) is 0 Å². The normalized spacial score (nSPS) is 23.0. The van der Waals surface area contributed by atoms with Crippen LogP contribution < -0.4 is 5.32 Å². The van der Waals surface area contributed by atoms with Gasteiger partial charge in [-0.2, -0.15) is 0 Å². The van der Waals surface area contributed by atoms with Gasteiger partial charge in [-0.1, -0.05) is 19.1 Å². The molecule has 1 aromatic rings. The molecule has 1 saturated heterocycles. The molecular weight excluding hydrogens is 203 g/mol. The fourth-order valence-corrected chi connectivity index (χ4v) is 2.17. The summed E-state index contributed by atoms with van der Waals surface area (Å²) in [6, 6.07) is 6.82. The fraction of sp³-hybridized carbons (Fsp3) is 0.538. The Bertz CT molecular complexity index is 323. The Morgan fingerprint density at radius 1 is 1.38 bits per heavy atom. The molecule has 1 fully saturated rings. The van der Waals surface area contributed by atoms with Crippen molar-refractivity contribution in [2.24, 2.45) is 5.92 Å². The number of rotatable bonds is 2. The lowest BCUT2D eigenvalue weighted by molar-refractivity contribution is 0.256. The largest absolute Gasteiger partial charge is 0.315 e. The molecule has 1 unspecified atom stereocenters. The van der Waals surface area contributed by atoms with E-state index in [1.807, 2.05) is 12.1 Å². The number of nitrogens with one attached hydrogen (secondary N) is 1. The predicted molar refractivity (Wildman–Crippen MR) is 63.7 cm³/mol. The van der Waals surface area contributed by atoms with Gasteiger partial charge in [0.1, 0.15) is 5.82 Å². The minimum Gasteiger partial charge on any atom is -0.315 e. The second-order valence-corrected chi connectivity index (χ2v) is 4.67. The Hall–Kier alpha value is -0.930. The standard InChI is InChI=1S/C13H19FN2/c1-11-8-15-6-7-16(9-11)10-12-2-4-13(14)5-3-12/h2-5,11,15H,6-10H2,1H3. The summed E-state index contributed by atoms with van der Waals surface area (Å²) in [5, 5.41) is 3.42. The van der Waals surface area contributed by atoms with Crippen LogP contribution in [-0.2, 0) is 6.54 Å². The molecule has 1 aromatic carbocycles. The van der Waals surface area contributed by atoms with E-state index in [2.05, 4.69) is 17.1 Å². The highest BCUT2D eigenvalue weighted by molar-refractivity contribution is 5.15. The van der Waals surface area contributed by atoms with Crippen molar-refractivity contribution < 1.29 is 4.39 Å². The first-order valence-corrected chi connectivity index (χ1v) is 5.91. The average molecular weight is 222 g/mol. The molecule has 1 atom stereocenters. The third-order valence-corrected chi connectivity index (χ3v) is 2.99. The maximum atomic E-state index is 12.8. The van der Waals surface area contributed by atoms with Crippen LogP contribution in [0.1, 0.15) is 12.5 Å². The topological polar surface area (TPSA) is 15.3 Å². The maximum Gasteiger partial charge on any atom is 0.123 e. The molecule has 1 N–H and O–H groups in total. The first kappa shape index (κ1) is 11.6. The van der Waals surface area contributed by atoms with Crippen molar-refractivity contribution in [1.82, 2.24) is 10.2 Å². The van der Waals surface area contributed by atoms with E-state index in [0.717, 1.165) is 32.7 Å². The molecule has 2 rings (SSSR count). The summed E-state index contributed by atoms with van der Waals surface area (Å²) in [5.41, 5.74) is 1.19. The van der Waals surface area contributed by atoms with Crippen LogP contribution in [-0.4, -0.2) is 31.1 Å². The lowest BCUT2D eigenvalue weighted by Crippen LogP contribution is -2.28. The van der Waals surface area contributed by atoms with Crippen LogP contribution in [0.25, 0.3) is 0 Å². The van der Waals surface area contributed by atoms with Gasteiger partial charge in [-0.25, -0.2) is 4.39 Å². The molecule has 0 saturated carbocycles. The maximum absolute atomic E-state index is 12.8. The highest BCUT2D eigenvalue weighted by Gasteiger charge is 2.14. The van der Waals surface area contributed by atoms with E-state index >= 15 is 0 Å². The van der Waals surface area contributed by atoms with Gasteiger partial charge in [-0.05, 0) is 30.2 Å². The summed E-state index contributed by atoms with van der Waals surface area (Å²) in [6.45, 7) is 7.51. The van der Waals surface area contributed by atoms with Gasteiger partial charge in [0, 0.05) is 26.2 Å².